The smallest absolute Gasteiger partial charge is 0.305 e. The van der Waals surface area contributed by atoms with Crippen LogP contribution >= 0.6 is 0 Å². The van der Waals surface area contributed by atoms with Crippen molar-refractivity contribution >= 4 is 16.0 Å². The normalized spacial score (nSPS) is 11.4. The van der Waals surface area contributed by atoms with Gasteiger partial charge in [-0.05, 0) is 24.1 Å². The van der Waals surface area contributed by atoms with Crippen molar-refractivity contribution in [1.29, 1.82) is 0 Å². The summed E-state index contributed by atoms with van der Waals surface area (Å²) in [6.45, 7) is 0.262. The summed E-state index contributed by atoms with van der Waals surface area (Å²) in [7, 11) is 0.969. The summed E-state index contributed by atoms with van der Waals surface area (Å²) in [5, 5.41) is 0. The lowest BCUT2D eigenvalue weighted by Crippen LogP contribution is -2.29. The number of methoxy groups -OCH3 is 2. The van der Waals surface area contributed by atoms with Crippen LogP contribution in [0.25, 0.3) is 0 Å². The minimum absolute atomic E-state index is 0.0808. The molecule has 0 atom stereocenters. The van der Waals surface area contributed by atoms with Crippen LogP contribution in [0.4, 0.5) is 0 Å². The van der Waals surface area contributed by atoms with E-state index in [0.29, 0.717) is 5.75 Å². The first-order valence-corrected chi connectivity index (χ1v) is 8.13. The van der Waals surface area contributed by atoms with E-state index in [9.17, 15) is 13.2 Å². The van der Waals surface area contributed by atoms with E-state index in [1.807, 2.05) is 12.1 Å². The molecule has 0 aliphatic rings. The van der Waals surface area contributed by atoms with E-state index in [-0.39, 0.29) is 25.1 Å². The zero-order valence-electron chi connectivity index (χ0n) is 12.5. The lowest BCUT2D eigenvalue weighted by atomic mass is 10.2. The molecule has 0 saturated heterocycles. The van der Waals surface area contributed by atoms with Crippen LogP contribution in [-0.4, -0.2) is 45.7 Å². The third-order valence-corrected chi connectivity index (χ3v) is 4.91. The van der Waals surface area contributed by atoms with E-state index in [1.165, 1.54) is 18.5 Å². The fourth-order valence-corrected chi connectivity index (χ4v) is 2.95. The van der Waals surface area contributed by atoms with Gasteiger partial charge in [0.15, 0.2) is 0 Å². The molecule has 0 fully saturated rings. The summed E-state index contributed by atoms with van der Waals surface area (Å²) >= 11 is 0. The first-order valence-electron chi connectivity index (χ1n) is 6.53. The molecule has 0 spiro atoms. The van der Waals surface area contributed by atoms with E-state index < -0.39 is 16.0 Å². The van der Waals surface area contributed by atoms with Crippen LogP contribution in [0.2, 0.25) is 0 Å². The first kappa shape index (κ1) is 17.5. The number of carbonyl (C=O) groups excluding carboxylic acids is 1. The maximum Gasteiger partial charge on any atom is 0.305 e. The quantitative estimate of drug-likeness (QED) is 0.678. The van der Waals surface area contributed by atoms with Gasteiger partial charge in [-0.3, -0.25) is 4.79 Å². The molecule has 0 amide bonds. The van der Waals surface area contributed by atoms with Gasteiger partial charge in [0, 0.05) is 20.0 Å². The molecule has 0 heterocycles. The highest BCUT2D eigenvalue weighted by Crippen LogP contribution is 2.15. The number of hydrogen-bond acceptors (Lipinski definition) is 5. The maximum atomic E-state index is 12.1. The number of ether oxygens (including phenoxy) is 2. The Balaban J connectivity index is 2.59. The summed E-state index contributed by atoms with van der Waals surface area (Å²) in [6, 6.07) is 7.24. The largest absolute Gasteiger partial charge is 0.497 e. The summed E-state index contributed by atoms with van der Waals surface area (Å²) < 4.78 is 35.1. The van der Waals surface area contributed by atoms with Crippen LogP contribution in [-0.2, 0) is 26.1 Å². The van der Waals surface area contributed by atoms with Crippen LogP contribution in [0.1, 0.15) is 18.4 Å². The molecule has 1 aromatic rings. The zero-order chi connectivity index (χ0) is 15.9. The van der Waals surface area contributed by atoms with Gasteiger partial charge in [0.25, 0.3) is 0 Å². The lowest BCUT2D eigenvalue weighted by molar-refractivity contribution is -0.140. The summed E-state index contributed by atoms with van der Waals surface area (Å²) in [5.41, 5.74) is 0.841. The SMILES string of the molecule is COC(=O)CCCS(=O)(=O)N(C)Cc1cccc(OC)c1. The Kier molecular flexibility index (Phi) is 6.64. The average Bonchev–Trinajstić information content (AvgIpc) is 2.46. The highest BCUT2D eigenvalue weighted by molar-refractivity contribution is 7.89. The number of carbonyl (C=O) groups is 1. The predicted molar refractivity (Wildman–Crippen MR) is 79.5 cm³/mol. The second kappa shape index (κ2) is 7.99. The topological polar surface area (TPSA) is 72.9 Å². The van der Waals surface area contributed by atoms with Gasteiger partial charge in [-0.2, -0.15) is 0 Å². The van der Waals surface area contributed by atoms with Crippen molar-refractivity contribution in [2.45, 2.75) is 19.4 Å². The average molecular weight is 315 g/mol. The molecule has 0 N–H and O–H groups in total. The fourth-order valence-electron chi connectivity index (χ4n) is 1.78. The van der Waals surface area contributed by atoms with Gasteiger partial charge in [-0.25, -0.2) is 12.7 Å². The van der Waals surface area contributed by atoms with Gasteiger partial charge in [-0.1, -0.05) is 12.1 Å². The number of nitrogens with zero attached hydrogens (tertiary/aromatic N) is 1. The molecule has 0 radical (unpaired) electrons. The Bertz CT molecular complexity index is 570. The van der Waals surface area contributed by atoms with Crippen LogP contribution in [0.15, 0.2) is 24.3 Å². The molecule has 0 aromatic heterocycles. The maximum absolute atomic E-state index is 12.1. The van der Waals surface area contributed by atoms with Crippen LogP contribution in [0.5, 0.6) is 5.75 Å². The summed E-state index contributed by atoms with van der Waals surface area (Å²) in [6.07, 6.45) is 0.347. The van der Waals surface area contributed by atoms with Gasteiger partial charge in [0.2, 0.25) is 10.0 Å². The van der Waals surface area contributed by atoms with E-state index in [0.717, 1.165) is 5.56 Å². The number of sulfonamides is 1. The second-order valence-electron chi connectivity index (χ2n) is 4.60. The molecule has 21 heavy (non-hydrogen) atoms. The molecule has 7 heteroatoms. The zero-order valence-corrected chi connectivity index (χ0v) is 13.4. The molecule has 6 nitrogen and oxygen atoms in total. The van der Waals surface area contributed by atoms with E-state index in [1.54, 1.807) is 19.2 Å². The van der Waals surface area contributed by atoms with Gasteiger partial charge >= 0.3 is 5.97 Å². The molecule has 118 valence electrons. The van der Waals surface area contributed by atoms with Crippen molar-refractivity contribution in [1.82, 2.24) is 4.31 Å². The van der Waals surface area contributed by atoms with Gasteiger partial charge in [-0.15, -0.1) is 0 Å². The molecule has 0 unspecified atom stereocenters. The predicted octanol–water partition coefficient (Wildman–Crippen LogP) is 1.41. The highest BCUT2D eigenvalue weighted by Gasteiger charge is 2.18. The van der Waals surface area contributed by atoms with E-state index in [2.05, 4.69) is 4.74 Å². The van der Waals surface area contributed by atoms with Crippen molar-refractivity contribution < 1.29 is 22.7 Å². The standard InChI is InChI=1S/C14H21NO5S/c1-15(11-12-6-4-7-13(10-12)19-2)21(17,18)9-5-8-14(16)20-3/h4,6-7,10H,5,8-9,11H2,1-3H3. The molecule has 0 aliphatic carbocycles. The van der Waals surface area contributed by atoms with Crippen molar-refractivity contribution in [3.05, 3.63) is 29.8 Å². The third kappa shape index (κ3) is 5.73. The molecular formula is C14H21NO5S. The Hall–Kier alpha value is -1.60. The molecule has 0 bridgehead atoms. The Morgan fingerprint density at radius 2 is 2.00 bits per heavy atom. The number of hydrogen-bond donors (Lipinski definition) is 0. The van der Waals surface area contributed by atoms with Crippen molar-refractivity contribution in [3.8, 4) is 5.75 Å². The second-order valence-corrected chi connectivity index (χ2v) is 6.80. The van der Waals surface area contributed by atoms with Crippen molar-refractivity contribution in [3.63, 3.8) is 0 Å². The Morgan fingerprint density at radius 3 is 2.62 bits per heavy atom. The number of esters is 1. The lowest BCUT2D eigenvalue weighted by Gasteiger charge is -2.17. The first-order chi connectivity index (χ1) is 9.89. The molecule has 1 rings (SSSR count). The Morgan fingerprint density at radius 1 is 1.29 bits per heavy atom. The van der Waals surface area contributed by atoms with Gasteiger partial charge in [0.1, 0.15) is 5.75 Å². The fraction of sp³-hybridized carbons (Fsp3) is 0.500. The Labute approximate surface area is 125 Å². The molecule has 0 saturated carbocycles. The van der Waals surface area contributed by atoms with E-state index in [4.69, 9.17) is 4.74 Å². The molecular weight excluding hydrogens is 294 g/mol. The minimum Gasteiger partial charge on any atom is -0.497 e. The number of benzene rings is 1. The van der Waals surface area contributed by atoms with Crippen molar-refractivity contribution in [2.24, 2.45) is 0 Å². The van der Waals surface area contributed by atoms with Gasteiger partial charge in [0.05, 0.1) is 20.0 Å². The third-order valence-electron chi connectivity index (χ3n) is 3.03. The van der Waals surface area contributed by atoms with E-state index >= 15 is 0 Å². The molecule has 1 aromatic carbocycles. The van der Waals surface area contributed by atoms with Gasteiger partial charge < -0.3 is 9.47 Å². The number of rotatable bonds is 8. The van der Waals surface area contributed by atoms with Crippen LogP contribution in [0, 0.1) is 0 Å². The molecule has 0 aliphatic heterocycles. The summed E-state index contributed by atoms with van der Waals surface area (Å²) in [4.78, 5) is 11.0. The highest BCUT2D eigenvalue weighted by atomic mass is 32.2. The monoisotopic (exact) mass is 315 g/mol. The van der Waals surface area contributed by atoms with Crippen LogP contribution in [0.3, 0.4) is 0 Å². The van der Waals surface area contributed by atoms with Crippen LogP contribution < -0.4 is 4.74 Å². The minimum atomic E-state index is -3.40. The summed E-state index contributed by atoms with van der Waals surface area (Å²) in [5.74, 6) is 0.201. The van der Waals surface area contributed by atoms with Crippen molar-refractivity contribution in [2.75, 3.05) is 27.0 Å².